The number of nitrogens with one attached hydrogen (secondary N) is 1. The third-order valence-corrected chi connectivity index (χ3v) is 3.03. The molecule has 7 nitrogen and oxygen atoms in total. The van der Waals surface area contributed by atoms with Crippen LogP contribution in [0.2, 0.25) is 0 Å². The van der Waals surface area contributed by atoms with Crippen molar-refractivity contribution in [2.45, 2.75) is 0 Å². The molecule has 0 bridgehead atoms. The van der Waals surface area contributed by atoms with Gasteiger partial charge in [-0.3, -0.25) is 4.79 Å². The molecule has 1 amide bonds. The van der Waals surface area contributed by atoms with E-state index in [2.05, 4.69) is 10.5 Å². The molecule has 7 heteroatoms. The van der Waals surface area contributed by atoms with E-state index in [4.69, 9.17) is 9.47 Å². The number of carbonyl (C=O) groups is 1. The maximum absolute atomic E-state index is 12.0. The van der Waals surface area contributed by atoms with Gasteiger partial charge >= 0.3 is 0 Å². The van der Waals surface area contributed by atoms with E-state index < -0.39 is 5.91 Å². The van der Waals surface area contributed by atoms with Crippen molar-refractivity contribution in [3.05, 3.63) is 47.5 Å². The summed E-state index contributed by atoms with van der Waals surface area (Å²) >= 11 is 0. The van der Waals surface area contributed by atoms with Crippen molar-refractivity contribution in [3.63, 3.8) is 0 Å². The average Bonchev–Trinajstić information content (AvgIpc) is 2.56. The summed E-state index contributed by atoms with van der Waals surface area (Å²) in [6, 6.07) is 8.89. The summed E-state index contributed by atoms with van der Waals surface area (Å²) in [5, 5.41) is 22.8. The number of amides is 1. The number of hydrogen-bond donors (Lipinski definition) is 3. The molecule has 0 fully saturated rings. The van der Waals surface area contributed by atoms with E-state index in [0.29, 0.717) is 16.9 Å². The summed E-state index contributed by atoms with van der Waals surface area (Å²) in [6.07, 6.45) is 1.41. The third-order valence-electron chi connectivity index (χ3n) is 3.03. The van der Waals surface area contributed by atoms with Crippen LogP contribution in [0, 0.1) is 0 Å². The highest BCUT2D eigenvalue weighted by Crippen LogP contribution is 2.26. The van der Waals surface area contributed by atoms with Crippen LogP contribution in [0.25, 0.3) is 0 Å². The molecule has 0 atom stereocenters. The van der Waals surface area contributed by atoms with Crippen LogP contribution in [0.5, 0.6) is 23.0 Å². The Bertz CT molecular complexity index is 743. The molecule has 0 aromatic heterocycles. The second-order valence-electron chi connectivity index (χ2n) is 4.52. The molecule has 0 saturated carbocycles. The van der Waals surface area contributed by atoms with Gasteiger partial charge in [-0.05, 0) is 42.0 Å². The molecule has 0 unspecified atom stereocenters. The van der Waals surface area contributed by atoms with Crippen LogP contribution in [-0.4, -0.2) is 36.6 Å². The quantitative estimate of drug-likeness (QED) is 0.577. The number of benzene rings is 2. The van der Waals surface area contributed by atoms with Crippen molar-refractivity contribution >= 4 is 12.1 Å². The summed E-state index contributed by atoms with van der Waals surface area (Å²) < 4.78 is 9.92. The Kier molecular flexibility index (Phi) is 5.03. The second-order valence-corrected chi connectivity index (χ2v) is 4.52. The summed E-state index contributed by atoms with van der Waals surface area (Å²) in [6.45, 7) is 0. The number of rotatable bonds is 5. The van der Waals surface area contributed by atoms with Crippen molar-refractivity contribution in [3.8, 4) is 23.0 Å². The Morgan fingerprint density at radius 2 is 1.65 bits per heavy atom. The zero-order valence-electron chi connectivity index (χ0n) is 12.6. The predicted molar refractivity (Wildman–Crippen MR) is 84.4 cm³/mol. The second kappa shape index (κ2) is 7.17. The smallest absolute Gasteiger partial charge is 0.271 e. The van der Waals surface area contributed by atoms with E-state index in [1.807, 2.05) is 0 Å². The van der Waals surface area contributed by atoms with Crippen LogP contribution >= 0.6 is 0 Å². The largest absolute Gasteiger partial charge is 0.504 e. The lowest BCUT2D eigenvalue weighted by Crippen LogP contribution is -2.17. The highest BCUT2D eigenvalue weighted by atomic mass is 16.5. The van der Waals surface area contributed by atoms with Gasteiger partial charge in [0, 0.05) is 5.56 Å². The maximum atomic E-state index is 12.0. The van der Waals surface area contributed by atoms with Gasteiger partial charge in [-0.2, -0.15) is 5.10 Å². The van der Waals surface area contributed by atoms with Crippen LogP contribution in [0.3, 0.4) is 0 Å². The fourth-order valence-electron chi connectivity index (χ4n) is 1.82. The van der Waals surface area contributed by atoms with Crippen LogP contribution in [0.4, 0.5) is 0 Å². The molecule has 0 saturated heterocycles. The van der Waals surface area contributed by atoms with Gasteiger partial charge in [0.25, 0.3) is 5.91 Å². The summed E-state index contributed by atoms with van der Waals surface area (Å²) in [4.78, 5) is 12.0. The SMILES string of the molecule is COc1cc(C=NNC(=O)c2ccc(O)c(OC)c2)ccc1O. The van der Waals surface area contributed by atoms with Gasteiger partial charge in [0.15, 0.2) is 23.0 Å². The Balaban J connectivity index is 2.06. The molecule has 23 heavy (non-hydrogen) atoms. The van der Waals surface area contributed by atoms with E-state index in [9.17, 15) is 15.0 Å². The molecule has 120 valence electrons. The minimum absolute atomic E-state index is 0.0184. The molecule has 0 aliphatic rings. The lowest BCUT2D eigenvalue weighted by atomic mass is 10.2. The van der Waals surface area contributed by atoms with Crippen molar-refractivity contribution in [1.29, 1.82) is 0 Å². The first-order valence-electron chi connectivity index (χ1n) is 6.62. The minimum Gasteiger partial charge on any atom is -0.504 e. The first-order valence-corrected chi connectivity index (χ1v) is 6.62. The number of carbonyl (C=O) groups excluding carboxylic acids is 1. The number of hydrogen-bond acceptors (Lipinski definition) is 6. The first-order chi connectivity index (χ1) is 11.0. The Hall–Kier alpha value is -3.22. The monoisotopic (exact) mass is 316 g/mol. The molecule has 0 radical (unpaired) electrons. The number of aromatic hydroxyl groups is 2. The number of nitrogens with zero attached hydrogens (tertiary/aromatic N) is 1. The molecule has 2 aromatic rings. The van der Waals surface area contributed by atoms with E-state index in [1.54, 1.807) is 12.1 Å². The van der Waals surface area contributed by atoms with Gasteiger partial charge in [0.1, 0.15) is 0 Å². The van der Waals surface area contributed by atoms with Crippen molar-refractivity contribution in [2.24, 2.45) is 5.10 Å². The molecule has 2 aromatic carbocycles. The number of hydrazone groups is 1. The molecule has 0 aliphatic carbocycles. The maximum Gasteiger partial charge on any atom is 0.271 e. The molecule has 3 N–H and O–H groups in total. The van der Waals surface area contributed by atoms with Gasteiger partial charge in [-0.15, -0.1) is 0 Å². The van der Waals surface area contributed by atoms with Gasteiger partial charge in [0.05, 0.1) is 20.4 Å². The van der Waals surface area contributed by atoms with E-state index in [0.717, 1.165) is 0 Å². The predicted octanol–water partition coefficient (Wildman–Crippen LogP) is 1.88. The summed E-state index contributed by atoms with van der Waals surface area (Å²) in [5.41, 5.74) is 3.29. The van der Waals surface area contributed by atoms with Crippen molar-refractivity contribution < 1.29 is 24.5 Å². The van der Waals surface area contributed by atoms with Gasteiger partial charge < -0.3 is 19.7 Å². The number of methoxy groups -OCH3 is 2. The van der Waals surface area contributed by atoms with Crippen LogP contribution in [-0.2, 0) is 0 Å². The fourth-order valence-corrected chi connectivity index (χ4v) is 1.82. The summed E-state index contributed by atoms with van der Waals surface area (Å²) in [7, 11) is 2.84. The van der Waals surface area contributed by atoms with Gasteiger partial charge in [-0.25, -0.2) is 5.43 Å². The lowest BCUT2D eigenvalue weighted by Gasteiger charge is -2.05. The number of ether oxygens (including phenoxy) is 2. The van der Waals surface area contributed by atoms with Crippen LogP contribution in [0.15, 0.2) is 41.5 Å². The zero-order valence-corrected chi connectivity index (χ0v) is 12.6. The molecule has 2 rings (SSSR count). The third kappa shape index (κ3) is 3.91. The molecular formula is C16H16N2O5. The fraction of sp³-hybridized carbons (Fsp3) is 0.125. The topological polar surface area (TPSA) is 100 Å². The molecular weight excluding hydrogens is 300 g/mol. The Morgan fingerprint density at radius 1 is 1.04 bits per heavy atom. The average molecular weight is 316 g/mol. The molecule has 0 spiro atoms. The molecule has 0 aliphatic heterocycles. The van der Waals surface area contributed by atoms with Crippen molar-refractivity contribution in [1.82, 2.24) is 5.43 Å². The normalized spacial score (nSPS) is 10.5. The van der Waals surface area contributed by atoms with Gasteiger partial charge in [-0.1, -0.05) is 0 Å². The van der Waals surface area contributed by atoms with E-state index in [1.165, 1.54) is 44.7 Å². The Labute approximate surface area is 132 Å². The highest BCUT2D eigenvalue weighted by molar-refractivity contribution is 5.95. The first kappa shape index (κ1) is 16.2. The standard InChI is InChI=1S/C16H16N2O5/c1-22-14-7-10(3-5-12(14)19)9-17-18-16(21)11-4-6-13(20)15(8-11)23-2/h3-9,19-20H,1-2H3,(H,18,21). The Morgan fingerprint density at radius 3 is 2.30 bits per heavy atom. The number of phenols is 2. The zero-order chi connectivity index (χ0) is 16.8. The van der Waals surface area contributed by atoms with Gasteiger partial charge in [0.2, 0.25) is 0 Å². The summed E-state index contributed by atoms with van der Waals surface area (Å²) in [5.74, 6) is 0.0207. The number of phenolic OH excluding ortho intramolecular Hbond substituents is 2. The lowest BCUT2D eigenvalue weighted by molar-refractivity contribution is 0.0954. The highest BCUT2D eigenvalue weighted by Gasteiger charge is 2.09. The van der Waals surface area contributed by atoms with E-state index >= 15 is 0 Å². The minimum atomic E-state index is -0.453. The van der Waals surface area contributed by atoms with Crippen LogP contribution in [0.1, 0.15) is 15.9 Å². The molecule has 0 heterocycles. The van der Waals surface area contributed by atoms with Crippen LogP contribution < -0.4 is 14.9 Å². The van der Waals surface area contributed by atoms with E-state index in [-0.39, 0.29) is 17.2 Å². The van der Waals surface area contributed by atoms with Crippen molar-refractivity contribution in [2.75, 3.05) is 14.2 Å².